The second kappa shape index (κ2) is 3.30. The van der Waals surface area contributed by atoms with Gasteiger partial charge in [-0.2, -0.15) is 0 Å². The Hall–Kier alpha value is -1.45. The maximum Gasteiger partial charge on any atom is 0.307 e. The third-order valence-corrected chi connectivity index (χ3v) is 1.31. The number of rotatable bonds is 2. The number of hydrogen-bond acceptors (Lipinski definition) is 1. The molecule has 4 heteroatoms. The molecule has 0 bridgehead atoms. The Morgan fingerprint density at radius 1 is 1.58 bits per heavy atom. The number of carboxylic acids is 1. The van der Waals surface area contributed by atoms with Gasteiger partial charge in [-0.15, -0.1) is 0 Å². The van der Waals surface area contributed by atoms with E-state index in [0.29, 0.717) is 0 Å². The van der Waals surface area contributed by atoms with Crippen LogP contribution in [0, 0.1) is 17.7 Å². The Balaban J connectivity index is 3.00. The van der Waals surface area contributed by atoms with Crippen LogP contribution in [0.25, 0.3) is 0 Å². The Bertz CT molecular complexity index is 310. The van der Waals surface area contributed by atoms with Crippen LogP contribution in [-0.4, -0.2) is 11.1 Å². The quantitative estimate of drug-likeness (QED) is 0.730. The van der Waals surface area contributed by atoms with Crippen LogP contribution in [0.1, 0.15) is 5.56 Å². The Kier molecular flexibility index (Phi) is 2.38. The molecule has 0 saturated heterocycles. The first kappa shape index (κ1) is 8.64. The predicted octanol–water partition coefficient (Wildman–Crippen LogP) is 1.39. The van der Waals surface area contributed by atoms with E-state index in [4.69, 9.17) is 5.11 Å². The molecular formula is C8H5F2O2. The summed E-state index contributed by atoms with van der Waals surface area (Å²) in [5.74, 6) is -3.48. The second-order valence-corrected chi connectivity index (χ2v) is 2.20. The van der Waals surface area contributed by atoms with Crippen LogP contribution in [0.15, 0.2) is 12.1 Å². The summed E-state index contributed by atoms with van der Waals surface area (Å²) >= 11 is 0. The Morgan fingerprint density at radius 3 is 2.83 bits per heavy atom. The van der Waals surface area contributed by atoms with Crippen molar-refractivity contribution in [1.29, 1.82) is 0 Å². The molecule has 0 aromatic heterocycles. The van der Waals surface area contributed by atoms with Crippen LogP contribution in [0.5, 0.6) is 0 Å². The number of halogens is 2. The summed E-state index contributed by atoms with van der Waals surface area (Å²) in [5.41, 5.74) is -0.168. The van der Waals surface area contributed by atoms with Crippen molar-refractivity contribution in [2.45, 2.75) is 6.42 Å². The fraction of sp³-hybridized carbons (Fsp3) is 0.125. The van der Waals surface area contributed by atoms with E-state index in [0.717, 1.165) is 6.07 Å². The molecule has 1 aromatic rings. The van der Waals surface area contributed by atoms with Crippen molar-refractivity contribution in [1.82, 2.24) is 0 Å². The van der Waals surface area contributed by atoms with E-state index in [-0.39, 0.29) is 5.56 Å². The van der Waals surface area contributed by atoms with Crippen molar-refractivity contribution in [2.24, 2.45) is 0 Å². The molecule has 1 aromatic carbocycles. The van der Waals surface area contributed by atoms with Crippen molar-refractivity contribution in [3.05, 3.63) is 35.4 Å². The van der Waals surface area contributed by atoms with Gasteiger partial charge in [-0.1, -0.05) is 12.1 Å². The molecule has 0 aliphatic carbocycles. The number of hydrogen-bond donors (Lipinski definition) is 1. The smallest absolute Gasteiger partial charge is 0.307 e. The first-order valence-corrected chi connectivity index (χ1v) is 3.17. The summed E-state index contributed by atoms with van der Waals surface area (Å²) in [6, 6.07) is 4.32. The topological polar surface area (TPSA) is 37.3 Å². The molecule has 0 atom stereocenters. The summed E-state index contributed by atoms with van der Waals surface area (Å²) in [4.78, 5) is 10.1. The van der Waals surface area contributed by atoms with E-state index in [1.807, 2.05) is 6.07 Å². The van der Waals surface area contributed by atoms with Crippen molar-refractivity contribution in [2.75, 3.05) is 0 Å². The molecule has 2 nitrogen and oxygen atoms in total. The second-order valence-electron chi connectivity index (χ2n) is 2.20. The predicted molar refractivity (Wildman–Crippen MR) is 36.5 cm³/mol. The minimum Gasteiger partial charge on any atom is -0.481 e. The van der Waals surface area contributed by atoms with Crippen molar-refractivity contribution in [3.8, 4) is 0 Å². The van der Waals surface area contributed by atoms with E-state index >= 15 is 0 Å². The van der Waals surface area contributed by atoms with Gasteiger partial charge in [0.1, 0.15) is 0 Å². The lowest BCUT2D eigenvalue weighted by Gasteiger charge is -1.98. The maximum absolute atomic E-state index is 12.7. The monoisotopic (exact) mass is 171 g/mol. The lowest BCUT2D eigenvalue weighted by molar-refractivity contribution is -0.136. The third-order valence-electron chi connectivity index (χ3n) is 1.31. The summed E-state index contributed by atoms with van der Waals surface area (Å²) < 4.78 is 25.1. The van der Waals surface area contributed by atoms with Gasteiger partial charge in [0.05, 0.1) is 6.42 Å². The van der Waals surface area contributed by atoms with Gasteiger partial charge in [-0.3, -0.25) is 4.79 Å². The van der Waals surface area contributed by atoms with Crippen molar-refractivity contribution < 1.29 is 18.7 Å². The summed E-state index contributed by atoms with van der Waals surface area (Å²) in [6.45, 7) is 0. The van der Waals surface area contributed by atoms with E-state index in [1.54, 1.807) is 0 Å². The van der Waals surface area contributed by atoms with Gasteiger partial charge in [-0.25, -0.2) is 8.78 Å². The number of aliphatic carboxylic acids is 1. The zero-order valence-corrected chi connectivity index (χ0v) is 5.97. The SMILES string of the molecule is O=C(O)Cc1cc[c]c(F)c1F. The molecule has 0 saturated carbocycles. The zero-order valence-electron chi connectivity index (χ0n) is 5.97. The molecule has 0 fully saturated rings. The molecule has 1 N–H and O–H groups in total. The van der Waals surface area contributed by atoms with Gasteiger partial charge in [-0.05, 0) is 0 Å². The highest BCUT2D eigenvalue weighted by Crippen LogP contribution is 2.10. The average molecular weight is 171 g/mol. The highest BCUT2D eigenvalue weighted by Gasteiger charge is 2.10. The maximum atomic E-state index is 12.7. The van der Waals surface area contributed by atoms with Crippen LogP contribution in [0.2, 0.25) is 0 Å². The largest absolute Gasteiger partial charge is 0.481 e. The molecular weight excluding hydrogens is 166 g/mol. The van der Waals surface area contributed by atoms with Crippen LogP contribution in [0.3, 0.4) is 0 Å². The summed E-state index contributed by atoms with van der Waals surface area (Å²) in [7, 11) is 0. The van der Waals surface area contributed by atoms with Crippen LogP contribution in [-0.2, 0) is 11.2 Å². The minimum absolute atomic E-state index is 0.168. The summed E-state index contributed by atoms with van der Waals surface area (Å²) in [6.07, 6.45) is -0.516. The fourth-order valence-electron chi connectivity index (χ4n) is 0.792. The standard InChI is InChI=1S/C8H5F2O2/c9-6-3-1-2-5(8(6)10)4-7(11)12/h1-2H,4H2,(H,11,12). The van der Waals surface area contributed by atoms with Gasteiger partial charge in [0, 0.05) is 11.6 Å². The molecule has 1 rings (SSSR count). The first-order chi connectivity index (χ1) is 5.61. The molecule has 1 radical (unpaired) electrons. The molecule has 0 amide bonds. The van der Waals surface area contributed by atoms with Crippen LogP contribution in [0.4, 0.5) is 8.78 Å². The third kappa shape index (κ3) is 1.78. The van der Waals surface area contributed by atoms with Crippen molar-refractivity contribution >= 4 is 5.97 Å². The molecule has 0 aliphatic rings. The molecule has 63 valence electrons. The number of benzene rings is 1. The molecule has 0 aliphatic heterocycles. The van der Waals surface area contributed by atoms with Gasteiger partial charge in [0.15, 0.2) is 11.6 Å². The normalized spacial score (nSPS) is 9.83. The lowest BCUT2D eigenvalue weighted by atomic mass is 10.1. The Morgan fingerprint density at radius 2 is 2.25 bits per heavy atom. The van der Waals surface area contributed by atoms with Crippen molar-refractivity contribution in [3.63, 3.8) is 0 Å². The Labute approximate surface area is 67.4 Å². The van der Waals surface area contributed by atoms with E-state index in [9.17, 15) is 13.6 Å². The van der Waals surface area contributed by atoms with Gasteiger partial charge in [0.2, 0.25) is 0 Å². The van der Waals surface area contributed by atoms with E-state index in [1.165, 1.54) is 6.07 Å². The first-order valence-electron chi connectivity index (χ1n) is 3.17. The van der Waals surface area contributed by atoms with E-state index in [2.05, 4.69) is 0 Å². The molecule has 0 unspecified atom stereocenters. The highest BCUT2D eigenvalue weighted by atomic mass is 19.2. The highest BCUT2D eigenvalue weighted by molar-refractivity contribution is 5.70. The number of carboxylic acid groups (broad SMARTS) is 1. The van der Waals surface area contributed by atoms with Crippen LogP contribution >= 0.6 is 0 Å². The van der Waals surface area contributed by atoms with Crippen LogP contribution < -0.4 is 0 Å². The van der Waals surface area contributed by atoms with Gasteiger partial charge >= 0.3 is 5.97 Å². The van der Waals surface area contributed by atoms with Gasteiger partial charge in [0.25, 0.3) is 0 Å². The zero-order chi connectivity index (χ0) is 9.14. The average Bonchev–Trinajstić information content (AvgIpc) is 1.98. The molecule has 12 heavy (non-hydrogen) atoms. The number of carbonyl (C=O) groups is 1. The fourth-order valence-corrected chi connectivity index (χ4v) is 0.792. The summed E-state index contributed by atoms with van der Waals surface area (Å²) in [5, 5.41) is 8.28. The van der Waals surface area contributed by atoms with E-state index < -0.39 is 24.0 Å². The molecule has 0 spiro atoms. The van der Waals surface area contributed by atoms with Gasteiger partial charge < -0.3 is 5.11 Å². The molecule has 0 heterocycles. The lowest BCUT2D eigenvalue weighted by Crippen LogP contribution is -2.03. The minimum atomic E-state index is -1.19.